The van der Waals surface area contributed by atoms with Gasteiger partial charge in [-0.3, -0.25) is 19.4 Å². The third kappa shape index (κ3) is 2.37. The lowest BCUT2D eigenvalue weighted by Gasteiger charge is -2.37. The van der Waals surface area contributed by atoms with Crippen LogP contribution in [-0.4, -0.2) is 34.8 Å². The summed E-state index contributed by atoms with van der Waals surface area (Å²) in [6.07, 6.45) is 0.956. The van der Waals surface area contributed by atoms with Crippen LogP contribution in [0.5, 0.6) is 0 Å². The number of amides is 2. The first-order valence-corrected chi connectivity index (χ1v) is 10.3. The highest BCUT2D eigenvalue weighted by atomic mass is 32.1. The van der Waals surface area contributed by atoms with Crippen molar-refractivity contribution >= 4 is 34.5 Å². The van der Waals surface area contributed by atoms with Crippen molar-refractivity contribution < 1.29 is 9.59 Å². The molecule has 0 saturated heterocycles. The molecule has 0 aliphatic carbocycles. The second-order valence-electron chi connectivity index (χ2n) is 6.50. The summed E-state index contributed by atoms with van der Waals surface area (Å²) < 4.78 is 0. The average molecular weight is 380 g/mol. The van der Waals surface area contributed by atoms with Crippen molar-refractivity contribution in [1.29, 1.82) is 0 Å². The number of hydrogen-bond donors (Lipinski definition) is 0. The Morgan fingerprint density at radius 3 is 2.38 bits per heavy atom. The zero-order valence-corrected chi connectivity index (χ0v) is 15.6. The molecule has 0 saturated carbocycles. The second-order valence-corrected chi connectivity index (χ2v) is 8.48. The van der Waals surface area contributed by atoms with E-state index in [4.69, 9.17) is 0 Å². The SMILES string of the molecule is O=C1c2ccccc2C(=O)N1CN1CCc2sccc2[C@H]1c1cccs1. The fourth-order valence-electron chi connectivity index (χ4n) is 3.85. The summed E-state index contributed by atoms with van der Waals surface area (Å²) >= 11 is 3.51. The third-order valence-electron chi connectivity index (χ3n) is 5.08. The van der Waals surface area contributed by atoms with E-state index in [0.29, 0.717) is 17.8 Å². The van der Waals surface area contributed by atoms with Crippen LogP contribution < -0.4 is 0 Å². The minimum absolute atomic E-state index is 0.106. The van der Waals surface area contributed by atoms with Gasteiger partial charge in [-0.2, -0.15) is 0 Å². The summed E-state index contributed by atoms with van der Waals surface area (Å²) in [6, 6.07) is 13.6. The van der Waals surface area contributed by atoms with Gasteiger partial charge in [-0.25, -0.2) is 0 Å². The molecule has 4 heterocycles. The van der Waals surface area contributed by atoms with Crippen LogP contribution in [0, 0.1) is 0 Å². The predicted molar refractivity (Wildman–Crippen MR) is 103 cm³/mol. The summed E-state index contributed by atoms with van der Waals surface area (Å²) in [5.41, 5.74) is 2.33. The van der Waals surface area contributed by atoms with Gasteiger partial charge in [0, 0.05) is 16.3 Å². The van der Waals surface area contributed by atoms with E-state index in [1.54, 1.807) is 46.9 Å². The highest BCUT2D eigenvalue weighted by Gasteiger charge is 2.39. The Morgan fingerprint density at radius 1 is 0.923 bits per heavy atom. The number of fused-ring (bicyclic) bond motifs is 2. The lowest BCUT2D eigenvalue weighted by Crippen LogP contribution is -2.45. The van der Waals surface area contributed by atoms with Gasteiger partial charge in [0.2, 0.25) is 0 Å². The number of hydrogen-bond acceptors (Lipinski definition) is 5. The van der Waals surface area contributed by atoms with E-state index in [1.807, 2.05) is 0 Å². The van der Waals surface area contributed by atoms with Gasteiger partial charge in [-0.05, 0) is 47.0 Å². The molecule has 0 spiro atoms. The van der Waals surface area contributed by atoms with Gasteiger partial charge in [0.1, 0.15) is 0 Å². The summed E-state index contributed by atoms with van der Waals surface area (Å²) in [7, 11) is 0. The Morgan fingerprint density at radius 2 is 1.69 bits per heavy atom. The van der Waals surface area contributed by atoms with Gasteiger partial charge in [-0.15, -0.1) is 22.7 Å². The standard InChI is InChI=1S/C20H16N2O2S2/c23-19-13-4-1-2-5-14(13)20(24)22(19)12-21-9-7-16-15(8-11-26-16)18(21)17-6-3-10-25-17/h1-6,8,10-11,18H,7,9,12H2/t18-/m0/s1. The van der Waals surface area contributed by atoms with E-state index in [-0.39, 0.29) is 17.9 Å². The van der Waals surface area contributed by atoms with Gasteiger partial charge in [0.25, 0.3) is 11.8 Å². The molecule has 0 radical (unpaired) electrons. The van der Waals surface area contributed by atoms with Gasteiger partial charge in [-0.1, -0.05) is 18.2 Å². The average Bonchev–Trinajstić information content (AvgIpc) is 3.39. The molecule has 1 aromatic carbocycles. The predicted octanol–water partition coefficient (Wildman–Crippen LogP) is 4.01. The Balaban J connectivity index is 1.49. The number of benzene rings is 1. The molecule has 2 aliphatic rings. The van der Waals surface area contributed by atoms with Gasteiger partial charge in [0.15, 0.2) is 0 Å². The Kier molecular flexibility index (Phi) is 3.77. The number of thiophene rings is 2. The number of nitrogens with zero attached hydrogens (tertiary/aromatic N) is 2. The highest BCUT2D eigenvalue weighted by Crippen LogP contribution is 2.40. The van der Waals surface area contributed by atoms with Crippen LogP contribution in [-0.2, 0) is 6.42 Å². The molecule has 26 heavy (non-hydrogen) atoms. The van der Waals surface area contributed by atoms with Gasteiger partial charge in [0.05, 0.1) is 23.8 Å². The molecule has 130 valence electrons. The summed E-state index contributed by atoms with van der Waals surface area (Å²) in [6.45, 7) is 1.16. The van der Waals surface area contributed by atoms with E-state index in [9.17, 15) is 9.59 Å². The maximum absolute atomic E-state index is 12.8. The number of rotatable bonds is 3. The molecule has 0 bridgehead atoms. The Bertz CT molecular complexity index is 958. The summed E-state index contributed by atoms with van der Waals surface area (Å²) in [4.78, 5) is 31.8. The first-order valence-electron chi connectivity index (χ1n) is 8.53. The molecule has 5 rings (SSSR count). The van der Waals surface area contributed by atoms with Crippen LogP contribution in [0.1, 0.15) is 42.1 Å². The molecule has 2 aliphatic heterocycles. The Labute approximate surface area is 159 Å². The van der Waals surface area contributed by atoms with Crippen LogP contribution in [0.2, 0.25) is 0 Å². The molecule has 2 amide bonds. The lowest BCUT2D eigenvalue weighted by atomic mass is 9.99. The van der Waals surface area contributed by atoms with E-state index < -0.39 is 0 Å². The van der Waals surface area contributed by atoms with Crippen molar-refractivity contribution in [3.8, 4) is 0 Å². The normalized spacial score (nSPS) is 19.7. The molecule has 0 N–H and O–H groups in total. The molecular weight excluding hydrogens is 364 g/mol. The van der Waals surface area contributed by atoms with Crippen molar-refractivity contribution in [3.63, 3.8) is 0 Å². The van der Waals surface area contributed by atoms with Crippen molar-refractivity contribution in [2.75, 3.05) is 13.2 Å². The number of carbonyl (C=O) groups excluding carboxylic acids is 2. The molecule has 1 atom stereocenters. The third-order valence-corrected chi connectivity index (χ3v) is 7.00. The smallest absolute Gasteiger partial charge is 0.262 e. The molecular formula is C20H16N2O2S2. The van der Waals surface area contributed by atoms with Crippen molar-refractivity contribution in [2.24, 2.45) is 0 Å². The van der Waals surface area contributed by atoms with E-state index in [1.165, 1.54) is 20.2 Å². The van der Waals surface area contributed by atoms with Gasteiger partial charge >= 0.3 is 0 Å². The van der Waals surface area contributed by atoms with Gasteiger partial charge < -0.3 is 0 Å². The van der Waals surface area contributed by atoms with Crippen LogP contribution in [0.3, 0.4) is 0 Å². The maximum atomic E-state index is 12.8. The van der Waals surface area contributed by atoms with Crippen LogP contribution in [0.4, 0.5) is 0 Å². The zero-order valence-electron chi connectivity index (χ0n) is 13.9. The van der Waals surface area contributed by atoms with Crippen molar-refractivity contribution in [1.82, 2.24) is 9.80 Å². The number of carbonyl (C=O) groups is 2. The largest absolute Gasteiger partial charge is 0.273 e. The monoisotopic (exact) mass is 380 g/mol. The molecule has 3 aromatic rings. The molecule has 4 nitrogen and oxygen atoms in total. The zero-order chi connectivity index (χ0) is 17.7. The first kappa shape index (κ1) is 15.9. The summed E-state index contributed by atoms with van der Waals surface area (Å²) in [5.74, 6) is -0.377. The van der Waals surface area contributed by atoms with E-state index in [2.05, 4.69) is 33.9 Å². The van der Waals surface area contributed by atoms with Crippen molar-refractivity contribution in [3.05, 3.63) is 79.7 Å². The van der Waals surface area contributed by atoms with E-state index >= 15 is 0 Å². The summed E-state index contributed by atoms with van der Waals surface area (Å²) in [5, 5.41) is 4.22. The Hall–Kier alpha value is -2.28. The lowest BCUT2D eigenvalue weighted by molar-refractivity contribution is 0.0498. The number of imide groups is 1. The fourth-order valence-corrected chi connectivity index (χ4v) is 5.63. The first-order chi connectivity index (χ1) is 12.7. The van der Waals surface area contributed by atoms with Crippen LogP contribution >= 0.6 is 22.7 Å². The quantitative estimate of drug-likeness (QED) is 0.645. The second kappa shape index (κ2) is 6.16. The molecule has 6 heteroatoms. The molecule has 2 aromatic heterocycles. The highest BCUT2D eigenvalue weighted by molar-refractivity contribution is 7.10. The van der Waals surface area contributed by atoms with Crippen molar-refractivity contribution in [2.45, 2.75) is 12.5 Å². The van der Waals surface area contributed by atoms with Crippen LogP contribution in [0.15, 0.2) is 53.2 Å². The maximum Gasteiger partial charge on any atom is 0.262 e. The molecule has 0 fully saturated rings. The minimum Gasteiger partial charge on any atom is -0.273 e. The minimum atomic E-state index is -0.188. The van der Waals surface area contributed by atoms with E-state index in [0.717, 1.165) is 13.0 Å². The fraction of sp³-hybridized carbons (Fsp3) is 0.200. The molecule has 0 unspecified atom stereocenters. The topological polar surface area (TPSA) is 40.6 Å². The van der Waals surface area contributed by atoms with Crippen LogP contribution in [0.25, 0.3) is 0 Å².